The Hall–Kier alpha value is -0.298. The summed E-state index contributed by atoms with van der Waals surface area (Å²) in [6.07, 6.45) is -28.9. The Kier molecular flexibility index (Phi) is 31.0. The van der Waals surface area contributed by atoms with E-state index in [2.05, 4.69) is 68.3 Å². The summed E-state index contributed by atoms with van der Waals surface area (Å²) in [4.78, 5) is 6.30. The molecule has 0 saturated heterocycles. The van der Waals surface area contributed by atoms with Gasteiger partial charge in [-0.25, -0.2) is 4.39 Å². The van der Waals surface area contributed by atoms with E-state index in [1.807, 2.05) is 30.3 Å². The molecule has 0 bridgehead atoms. The second-order valence-electron chi connectivity index (χ2n) is 24.4. The van der Waals surface area contributed by atoms with E-state index in [1.54, 1.807) is 19.2 Å². The van der Waals surface area contributed by atoms with Gasteiger partial charge in [0, 0.05) is 395 Å². The van der Waals surface area contributed by atoms with Gasteiger partial charge in [0.25, 0.3) is 0 Å². The van der Waals surface area contributed by atoms with Gasteiger partial charge < -0.3 is 14.5 Å². The molecule has 0 amide bonds. The van der Waals surface area contributed by atoms with E-state index < -0.39 is 153 Å². The predicted molar refractivity (Wildman–Crippen MR) is 448 cm³/mol. The standard InChI is InChI=1S/C33H28BrFN2O2.B51/c1-38-29-16-22-14-15-37-28(24(22)18-30(29)39-19-20-6-3-2-4-7-20)17-25-31-26(34)8-5-9-27(31)36-32(25)33(37)21-10-12-23(35)13-11-21;1-27-40(26)47(41(28(2)3)29(4)5)50(46(38(22)23)39(24)25)51(48(42(30(6)7)31(8)9)43(32(10)11)33(12)13)49(44(34(14)15)35(16)17)45(36(18)19)37(20)21/h2-13,16,18,28,33,36H,14-15,17,19H2,1H3;. The Morgan fingerprint density at radius 3 is 1.37 bits per heavy atom. The molecule has 90 heavy (non-hydrogen) atoms. The number of rotatable bonds is 29. The zero-order chi connectivity index (χ0) is 67.1. The highest BCUT2D eigenvalue weighted by atomic mass is 79.9. The van der Waals surface area contributed by atoms with Gasteiger partial charge in [-0.2, -0.15) is 0 Å². The van der Waals surface area contributed by atoms with Crippen LogP contribution in [-0.2, 0) is 19.4 Å². The van der Waals surface area contributed by atoms with Gasteiger partial charge in [0.2, 0.25) is 0 Å². The van der Waals surface area contributed by atoms with Crippen LogP contribution in [0.25, 0.3) is 10.9 Å². The molecule has 0 saturated carbocycles. The Morgan fingerprint density at radius 1 is 0.522 bits per heavy atom. The van der Waals surface area contributed by atoms with E-state index >= 15 is 0 Å². The third-order valence-corrected chi connectivity index (χ3v) is 19.3. The summed E-state index contributed by atoms with van der Waals surface area (Å²) >= 11 is 3.81. The van der Waals surface area contributed by atoms with E-state index in [9.17, 15) is 4.39 Å². The van der Waals surface area contributed by atoms with Crippen LogP contribution >= 0.6 is 15.9 Å². The Balaban J connectivity index is 0.000000294. The van der Waals surface area contributed by atoms with Gasteiger partial charge in [0.1, 0.15) is 12.4 Å². The molecule has 2 aliphatic rings. The van der Waals surface area contributed by atoms with Crippen molar-refractivity contribution in [1.29, 1.82) is 0 Å². The molecule has 4 nitrogen and oxygen atoms in total. The molecule has 5 aromatic rings. The van der Waals surface area contributed by atoms with Crippen molar-refractivity contribution < 1.29 is 13.9 Å². The molecule has 3 heterocycles. The molecular formula is C33H28B51BrFN2O2. The molecule has 53 radical (unpaired) electrons. The SMILES string of the molecule is COc1cc2c(cc1OCc1ccccc1)C1Cc3c([nH]c4cccc(Br)c34)C(c3ccc(F)cc3)N1CC2.[B][B]B([B])B(B(B([B])[B])B([B])[B])B(B(B([B])[B])B([B])[B])B(B(B(B([B])[B])B([B])[B])B(B([B])[B])B([B])[B])B(B(B([B])[B])B([B])[B])B(B([B])[B])B([B])[B]. The highest BCUT2D eigenvalue weighted by molar-refractivity contribution is 9.10. The van der Waals surface area contributed by atoms with Gasteiger partial charge >= 0.3 is 0 Å². The molecule has 7 rings (SSSR count). The number of halogens is 2. The van der Waals surface area contributed by atoms with Crippen LogP contribution < -0.4 is 9.47 Å². The molecule has 0 aliphatic carbocycles. The van der Waals surface area contributed by atoms with Gasteiger partial charge in [-0.3, -0.25) is 4.90 Å². The number of aromatic amines is 1. The van der Waals surface area contributed by atoms with E-state index in [-0.39, 0.29) is 17.9 Å². The second-order valence-corrected chi connectivity index (χ2v) is 25.2. The van der Waals surface area contributed by atoms with Gasteiger partial charge in [0.15, 0.2) is 11.5 Å². The van der Waals surface area contributed by atoms with Crippen LogP contribution in [0.3, 0.4) is 0 Å². The maximum atomic E-state index is 14.0. The van der Waals surface area contributed by atoms with Crippen molar-refractivity contribution in [2.24, 2.45) is 0 Å². The van der Waals surface area contributed by atoms with Crippen molar-refractivity contribution >= 4 is 388 Å². The second kappa shape index (κ2) is 35.5. The number of hydrogen-bond donors (Lipinski definition) is 1. The Morgan fingerprint density at radius 2 is 0.944 bits per heavy atom. The Labute approximate surface area is 592 Å². The average molecular weight is 1130 g/mol. The van der Waals surface area contributed by atoms with Crippen molar-refractivity contribution in [2.45, 2.75) is 31.5 Å². The van der Waals surface area contributed by atoms with Gasteiger partial charge in [0.05, 0.1) is 13.2 Å². The van der Waals surface area contributed by atoms with Crippen molar-refractivity contribution in [3.63, 3.8) is 0 Å². The molecule has 2 atom stereocenters. The van der Waals surface area contributed by atoms with Crippen molar-refractivity contribution in [3.05, 3.63) is 129 Å². The normalized spacial score (nSPS) is 13.4. The molecule has 349 valence electrons. The van der Waals surface area contributed by atoms with Crippen LogP contribution in [0.5, 0.6) is 11.5 Å². The van der Waals surface area contributed by atoms with E-state index in [4.69, 9.17) is 211 Å². The lowest BCUT2D eigenvalue weighted by molar-refractivity contribution is 0.127. The highest BCUT2D eigenvalue weighted by Crippen LogP contribution is 2.50. The molecular weight excluding hydrogens is 1110 g/mol. The third kappa shape index (κ3) is 18.3. The number of H-pyrrole nitrogens is 1. The van der Waals surface area contributed by atoms with E-state index in [0.29, 0.717) is 6.61 Å². The first-order valence-corrected chi connectivity index (χ1v) is 30.7. The summed E-state index contributed by atoms with van der Waals surface area (Å²) in [6, 6.07) is 27.9. The smallest absolute Gasteiger partial charge is 0.162 e. The monoisotopic (exact) mass is 1140 g/mol. The lowest BCUT2D eigenvalue weighted by Gasteiger charge is -2.57. The lowest BCUT2D eigenvalue weighted by atomic mass is 8.24. The quantitative estimate of drug-likeness (QED) is 0.0485. The molecule has 2 aliphatic heterocycles. The maximum absolute atomic E-state index is 14.0. The van der Waals surface area contributed by atoms with Crippen molar-refractivity contribution in [3.8, 4) is 11.5 Å². The molecule has 0 fully saturated rings. The van der Waals surface area contributed by atoms with Crippen LogP contribution in [0.4, 0.5) is 4.39 Å². The summed E-state index contributed by atoms with van der Waals surface area (Å²) in [5.74, 6) is 1.30. The topological polar surface area (TPSA) is 37.5 Å². The fourth-order valence-electron chi connectivity index (χ4n) is 15.0. The molecule has 1 aromatic heterocycles. The number of hydrogen-bond acceptors (Lipinski definition) is 3. The van der Waals surface area contributed by atoms with Crippen LogP contribution in [-0.4, -0.2) is 385 Å². The molecule has 1 N–H and O–H groups in total. The summed E-state index contributed by atoms with van der Waals surface area (Å²) in [7, 11) is 170. The van der Waals surface area contributed by atoms with Crippen LogP contribution in [0.1, 0.15) is 45.6 Å². The Bertz CT molecular complexity index is 2880. The highest BCUT2D eigenvalue weighted by Gasteiger charge is 2.60. The van der Waals surface area contributed by atoms with E-state index in [1.165, 1.54) is 27.8 Å². The first kappa shape index (κ1) is 78.7. The molecule has 0 spiro atoms. The number of aromatic nitrogens is 1. The number of nitrogens with zero attached hydrogens (tertiary/aromatic N) is 1. The summed E-state index contributed by atoms with van der Waals surface area (Å²) in [5.41, 5.74) is 8.37. The van der Waals surface area contributed by atoms with Crippen LogP contribution in [0.15, 0.2) is 89.4 Å². The molecule has 4 aromatic carbocycles. The first-order valence-electron chi connectivity index (χ1n) is 29.9. The number of nitrogens with one attached hydrogen (secondary N) is 1. The zero-order valence-electron chi connectivity index (χ0n) is 51.0. The number of ether oxygens (including phenoxy) is 2. The zero-order valence-corrected chi connectivity index (χ0v) is 52.6. The minimum Gasteiger partial charge on any atom is -0.493 e. The van der Waals surface area contributed by atoms with Gasteiger partial charge in [-0.15, -0.1) is 0 Å². The minimum atomic E-state index is -1.36. The van der Waals surface area contributed by atoms with Gasteiger partial charge in [-0.1, -0.05) is 64.5 Å². The molecule has 2 unspecified atom stereocenters. The summed E-state index contributed by atoms with van der Waals surface area (Å²) < 4.78 is 27.1. The lowest BCUT2D eigenvalue weighted by Crippen LogP contribution is -2.95. The van der Waals surface area contributed by atoms with E-state index in [0.717, 1.165) is 59.1 Å². The number of methoxy groups -OCH3 is 1. The largest absolute Gasteiger partial charge is 0.493 e. The first-order chi connectivity index (χ1) is 42.3. The van der Waals surface area contributed by atoms with Crippen LogP contribution in [0, 0.1) is 5.82 Å². The van der Waals surface area contributed by atoms with Crippen molar-refractivity contribution in [2.75, 3.05) is 13.7 Å². The number of fused-ring (bicyclic) bond motifs is 6. The van der Waals surface area contributed by atoms with Gasteiger partial charge in [-0.05, 0) is 77.1 Å². The van der Waals surface area contributed by atoms with Crippen molar-refractivity contribution in [1.82, 2.24) is 9.88 Å². The fourth-order valence-corrected chi connectivity index (χ4v) is 15.6. The summed E-state index contributed by atoms with van der Waals surface area (Å²) in [6.45, 7) is 1.37. The third-order valence-electron chi connectivity index (χ3n) is 18.6. The number of benzene rings is 4. The maximum Gasteiger partial charge on any atom is 0.162 e. The van der Waals surface area contributed by atoms with Crippen LogP contribution in [0.2, 0.25) is 0 Å². The average Bonchev–Trinajstić information content (AvgIpc) is 1.28. The fraction of sp³-hybridized carbons (Fsp3) is 0.212. The minimum absolute atomic E-state index is 0.0115. The predicted octanol–water partition coefficient (Wildman–Crippen LogP) is -11.5. The summed E-state index contributed by atoms with van der Waals surface area (Å²) in [5, 5.41) is 1.22. The molecule has 57 heteroatoms.